The molecular formula is C12H18N2O4. The Labute approximate surface area is 106 Å². The molecule has 1 fully saturated rings. The predicted octanol–water partition coefficient (Wildman–Crippen LogP) is -0.111. The number of nitrogens with one attached hydrogen (secondary N) is 2. The van der Waals surface area contributed by atoms with Crippen LogP contribution in [0.25, 0.3) is 0 Å². The van der Waals surface area contributed by atoms with E-state index < -0.39 is 23.5 Å². The van der Waals surface area contributed by atoms with Crippen LogP contribution < -0.4 is 10.6 Å². The van der Waals surface area contributed by atoms with Gasteiger partial charge in [-0.3, -0.25) is 19.7 Å². The Morgan fingerprint density at radius 2 is 2.11 bits per heavy atom. The van der Waals surface area contributed by atoms with E-state index in [1.54, 1.807) is 13.8 Å². The fourth-order valence-corrected chi connectivity index (χ4v) is 1.47. The lowest BCUT2D eigenvalue weighted by atomic mass is 9.97. The van der Waals surface area contributed by atoms with Gasteiger partial charge in [-0.25, -0.2) is 0 Å². The average molecular weight is 254 g/mol. The summed E-state index contributed by atoms with van der Waals surface area (Å²) in [4.78, 5) is 34.3. The van der Waals surface area contributed by atoms with Crippen molar-refractivity contribution in [2.45, 2.75) is 38.3 Å². The van der Waals surface area contributed by atoms with Gasteiger partial charge in [0, 0.05) is 19.1 Å². The molecule has 1 rings (SSSR count). The highest BCUT2D eigenvalue weighted by Crippen LogP contribution is 2.18. The Hall–Kier alpha value is -1.69. The zero-order valence-electron chi connectivity index (χ0n) is 10.8. The first-order valence-electron chi connectivity index (χ1n) is 5.67. The maximum atomic E-state index is 11.9. The molecule has 100 valence electrons. The van der Waals surface area contributed by atoms with E-state index in [2.05, 4.69) is 17.2 Å². The summed E-state index contributed by atoms with van der Waals surface area (Å²) < 4.78 is 5.14. The van der Waals surface area contributed by atoms with Crippen LogP contribution in [0.2, 0.25) is 0 Å². The Balaban J connectivity index is 2.63. The molecule has 6 heteroatoms. The standard InChI is InChI=1S/C12H18N2O4/c1-7(12(2,3)18-4)10(16)13-8-5-6-9(15)14-11(8)17/h8H,1,5-6H2,2-4H3,(H,13,16)(H,14,15,17). The third-order valence-electron chi connectivity index (χ3n) is 3.06. The molecule has 0 aromatic rings. The van der Waals surface area contributed by atoms with Crippen molar-refractivity contribution in [3.8, 4) is 0 Å². The molecule has 0 radical (unpaired) electrons. The van der Waals surface area contributed by atoms with Crippen LogP contribution in [0, 0.1) is 0 Å². The first-order chi connectivity index (χ1) is 8.27. The molecule has 0 aromatic carbocycles. The number of carbonyl (C=O) groups is 3. The summed E-state index contributed by atoms with van der Waals surface area (Å²) in [7, 11) is 1.48. The third kappa shape index (κ3) is 3.16. The molecule has 2 N–H and O–H groups in total. The molecule has 1 saturated heterocycles. The van der Waals surface area contributed by atoms with Crippen molar-refractivity contribution in [3.05, 3.63) is 12.2 Å². The molecule has 0 saturated carbocycles. The minimum atomic E-state index is -0.801. The number of hydrogen-bond donors (Lipinski definition) is 2. The van der Waals surface area contributed by atoms with Crippen LogP contribution >= 0.6 is 0 Å². The highest BCUT2D eigenvalue weighted by atomic mass is 16.5. The SMILES string of the molecule is C=C(C(=O)NC1CCC(=O)NC1=O)C(C)(C)OC. The smallest absolute Gasteiger partial charge is 0.250 e. The van der Waals surface area contributed by atoms with E-state index in [-0.39, 0.29) is 17.9 Å². The van der Waals surface area contributed by atoms with Gasteiger partial charge in [0.1, 0.15) is 6.04 Å². The van der Waals surface area contributed by atoms with Crippen molar-refractivity contribution in [1.82, 2.24) is 10.6 Å². The van der Waals surface area contributed by atoms with Crippen LogP contribution in [-0.4, -0.2) is 36.5 Å². The average Bonchev–Trinajstić information content (AvgIpc) is 2.31. The molecule has 3 amide bonds. The Morgan fingerprint density at radius 1 is 1.50 bits per heavy atom. The van der Waals surface area contributed by atoms with Gasteiger partial charge in [-0.15, -0.1) is 0 Å². The molecule has 0 spiro atoms. The van der Waals surface area contributed by atoms with Gasteiger partial charge in [0.15, 0.2) is 0 Å². The Kier molecular flexibility index (Phi) is 4.24. The van der Waals surface area contributed by atoms with Gasteiger partial charge in [-0.1, -0.05) is 6.58 Å². The van der Waals surface area contributed by atoms with Crippen LogP contribution in [0.3, 0.4) is 0 Å². The summed E-state index contributed by atoms with van der Waals surface area (Å²) in [5.74, 6) is -1.25. The number of piperidine rings is 1. The van der Waals surface area contributed by atoms with Gasteiger partial charge in [0.05, 0.1) is 5.60 Å². The van der Waals surface area contributed by atoms with Gasteiger partial charge in [0.25, 0.3) is 0 Å². The predicted molar refractivity (Wildman–Crippen MR) is 64.5 cm³/mol. The van der Waals surface area contributed by atoms with Gasteiger partial charge in [-0.05, 0) is 20.3 Å². The van der Waals surface area contributed by atoms with E-state index in [1.165, 1.54) is 7.11 Å². The Morgan fingerprint density at radius 3 is 2.61 bits per heavy atom. The highest BCUT2D eigenvalue weighted by Gasteiger charge is 2.32. The minimum absolute atomic E-state index is 0.219. The number of methoxy groups -OCH3 is 1. The number of ether oxygens (including phenoxy) is 1. The van der Waals surface area contributed by atoms with E-state index in [9.17, 15) is 14.4 Å². The Bertz CT molecular complexity index is 401. The number of imide groups is 1. The molecular weight excluding hydrogens is 236 g/mol. The molecule has 18 heavy (non-hydrogen) atoms. The lowest BCUT2D eigenvalue weighted by Gasteiger charge is -2.27. The van der Waals surface area contributed by atoms with E-state index in [0.717, 1.165) is 0 Å². The lowest BCUT2D eigenvalue weighted by Crippen LogP contribution is -2.53. The molecule has 1 heterocycles. The third-order valence-corrected chi connectivity index (χ3v) is 3.06. The molecule has 0 aliphatic carbocycles. The van der Waals surface area contributed by atoms with Crippen LogP contribution in [0.4, 0.5) is 0 Å². The zero-order valence-corrected chi connectivity index (χ0v) is 10.8. The maximum absolute atomic E-state index is 11.9. The van der Waals surface area contributed by atoms with Crippen molar-refractivity contribution in [2.75, 3.05) is 7.11 Å². The van der Waals surface area contributed by atoms with E-state index >= 15 is 0 Å². The number of carbonyl (C=O) groups excluding carboxylic acids is 3. The van der Waals surface area contributed by atoms with Gasteiger partial charge >= 0.3 is 0 Å². The number of rotatable bonds is 4. The molecule has 0 bridgehead atoms. The monoisotopic (exact) mass is 254 g/mol. The number of hydrogen-bond acceptors (Lipinski definition) is 4. The summed E-state index contributed by atoms with van der Waals surface area (Å²) in [6, 6.07) is -0.695. The molecule has 1 aliphatic rings. The molecule has 6 nitrogen and oxygen atoms in total. The lowest BCUT2D eigenvalue weighted by molar-refractivity contribution is -0.137. The second-order valence-corrected chi connectivity index (χ2v) is 4.67. The summed E-state index contributed by atoms with van der Waals surface area (Å²) in [6.07, 6.45) is 0.522. The molecule has 1 unspecified atom stereocenters. The second-order valence-electron chi connectivity index (χ2n) is 4.67. The van der Waals surface area contributed by atoms with Crippen LogP contribution in [-0.2, 0) is 19.1 Å². The van der Waals surface area contributed by atoms with Crippen LogP contribution in [0.1, 0.15) is 26.7 Å². The zero-order chi connectivity index (χ0) is 13.9. The summed E-state index contributed by atoms with van der Waals surface area (Å²) in [5, 5.41) is 4.72. The number of amides is 3. The normalized spacial score (nSPS) is 20.3. The topological polar surface area (TPSA) is 84.5 Å². The molecule has 1 aliphatic heterocycles. The van der Waals surface area contributed by atoms with Gasteiger partial charge in [0.2, 0.25) is 17.7 Å². The van der Waals surface area contributed by atoms with E-state index in [1.807, 2.05) is 0 Å². The van der Waals surface area contributed by atoms with Crippen molar-refractivity contribution in [1.29, 1.82) is 0 Å². The fourth-order valence-electron chi connectivity index (χ4n) is 1.47. The molecule has 1 atom stereocenters. The molecule has 0 aromatic heterocycles. The van der Waals surface area contributed by atoms with Crippen molar-refractivity contribution >= 4 is 17.7 Å². The first kappa shape index (κ1) is 14.4. The second kappa shape index (κ2) is 5.30. The van der Waals surface area contributed by atoms with Crippen LogP contribution in [0.15, 0.2) is 12.2 Å². The summed E-state index contributed by atoms with van der Waals surface area (Å²) >= 11 is 0. The first-order valence-corrected chi connectivity index (χ1v) is 5.67. The fraction of sp³-hybridized carbons (Fsp3) is 0.583. The van der Waals surface area contributed by atoms with E-state index in [4.69, 9.17) is 4.74 Å². The van der Waals surface area contributed by atoms with Gasteiger partial charge in [-0.2, -0.15) is 0 Å². The summed E-state index contributed by atoms with van der Waals surface area (Å²) in [6.45, 7) is 7.08. The maximum Gasteiger partial charge on any atom is 0.250 e. The quantitative estimate of drug-likeness (QED) is 0.541. The van der Waals surface area contributed by atoms with Gasteiger partial charge < -0.3 is 10.1 Å². The van der Waals surface area contributed by atoms with Crippen LogP contribution in [0.5, 0.6) is 0 Å². The van der Waals surface area contributed by atoms with Crippen molar-refractivity contribution in [3.63, 3.8) is 0 Å². The highest BCUT2D eigenvalue weighted by molar-refractivity contribution is 6.03. The summed E-state index contributed by atoms with van der Waals surface area (Å²) in [5.41, 5.74) is -0.569. The van der Waals surface area contributed by atoms with E-state index in [0.29, 0.717) is 6.42 Å². The van der Waals surface area contributed by atoms with Crippen molar-refractivity contribution in [2.24, 2.45) is 0 Å². The minimum Gasteiger partial charge on any atom is -0.374 e. The largest absolute Gasteiger partial charge is 0.374 e. The van der Waals surface area contributed by atoms with Crippen molar-refractivity contribution < 1.29 is 19.1 Å².